The zero-order chi connectivity index (χ0) is 15.0. The molecule has 2 aromatic carbocycles. The van der Waals surface area contributed by atoms with E-state index in [9.17, 15) is 9.18 Å². The number of nitrogens with one attached hydrogen (secondary N) is 1. The molecule has 0 amide bonds. The molecular formula is C17H15FN2O. The second kappa shape index (κ2) is 5.13. The number of hydrogen-bond donors (Lipinski definition) is 1. The van der Waals surface area contributed by atoms with Crippen molar-refractivity contribution < 1.29 is 4.39 Å². The number of hydrogen-bond acceptors (Lipinski definition) is 2. The molecule has 106 valence electrons. The molecule has 3 rings (SSSR count). The highest BCUT2D eigenvalue weighted by Crippen LogP contribution is 2.15. The standard InChI is InChI=1S/C17H15FN2O/c1-10-7-14-15(8-11(10)2)20-17(21)16(19-14)9-12-3-5-13(18)6-4-12/h3-8H,9H2,1-2H3,(H,20,21). The molecule has 0 bridgehead atoms. The minimum Gasteiger partial charge on any atom is -0.319 e. The molecule has 0 fully saturated rings. The maximum absolute atomic E-state index is 12.9. The molecule has 1 heterocycles. The third kappa shape index (κ3) is 2.70. The van der Waals surface area contributed by atoms with Gasteiger partial charge in [0.25, 0.3) is 5.56 Å². The van der Waals surface area contributed by atoms with Crippen molar-refractivity contribution in [3.05, 3.63) is 75.0 Å². The van der Waals surface area contributed by atoms with Gasteiger partial charge in [-0.2, -0.15) is 0 Å². The molecule has 21 heavy (non-hydrogen) atoms. The maximum atomic E-state index is 12.9. The summed E-state index contributed by atoms with van der Waals surface area (Å²) in [6, 6.07) is 10.0. The van der Waals surface area contributed by atoms with Crippen LogP contribution in [-0.2, 0) is 6.42 Å². The number of H-pyrrole nitrogens is 1. The fourth-order valence-electron chi connectivity index (χ4n) is 2.30. The van der Waals surface area contributed by atoms with Crippen LogP contribution >= 0.6 is 0 Å². The Bertz CT molecular complexity index is 866. The fourth-order valence-corrected chi connectivity index (χ4v) is 2.30. The van der Waals surface area contributed by atoms with Crippen LogP contribution in [-0.4, -0.2) is 9.97 Å². The van der Waals surface area contributed by atoms with E-state index in [2.05, 4.69) is 9.97 Å². The number of rotatable bonds is 2. The molecule has 0 aliphatic heterocycles. The number of aromatic nitrogens is 2. The highest BCUT2D eigenvalue weighted by molar-refractivity contribution is 5.76. The van der Waals surface area contributed by atoms with E-state index in [0.29, 0.717) is 12.1 Å². The van der Waals surface area contributed by atoms with Crippen LogP contribution in [0.25, 0.3) is 11.0 Å². The second-order valence-corrected chi connectivity index (χ2v) is 5.27. The van der Waals surface area contributed by atoms with E-state index in [1.54, 1.807) is 12.1 Å². The first-order valence-corrected chi connectivity index (χ1v) is 6.77. The zero-order valence-electron chi connectivity index (χ0n) is 11.9. The van der Waals surface area contributed by atoms with Gasteiger partial charge in [0.1, 0.15) is 11.5 Å². The molecule has 0 spiro atoms. The van der Waals surface area contributed by atoms with Crippen molar-refractivity contribution in [1.29, 1.82) is 0 Å². The number of aromatic amines is 1. The Morgan fingerprint density at radius 1 is 1.10 bits per heavy atom. The molecule has 0 unspecified atom stereocenters. The summed E-state index contributed by atoms with van der Waals surface area (Å²) in [6.45, 7) is 4.01. The van der Waals surface area contributed by atoms with Gasteiger partial charge < -0.3 is 4.98 Å². The molecule has 0 saturated carbocycles. The smallest absolute Gasteiger partial charge is 0.270 e. The van der Waals surface area contributed by atoms with Crippen molar-refractivity contribution in [2.75, 3.05) is 0 Å². The molecule has 0 aliphatic carbocycles. The number of benzene rings is 2. The van der Waals surface area contributed by atoms with Gasteiger partial charge in [0.2, 0.25) is 0 Å². The lowest BCUT2D eigenvalue weighted by Crippen LogP contribution is -2.15. The third-order valence-electron chi connectivity index (χ3n) is 3.66. The first-order valence-electron chi connectivity index (χ1n) is 6.77. The molecule has 0 atom stereocenters. The number of nitrogens with zero attached hydrogens (tertiary/aromatic N) is 1. The predicted octanol–water partition coefficient (Wildman–Crippen LogP) is 3.27. The number of halogens is 1. The lowest BCUT2D eigenvalue weighted by atomic mass is 10.1. The molecule has 1 N–H and O–H groups in total. The normalized spacial score (nSPS) is 11.0. The average Bonchev–Trinajstić information content (AvgIpc) is 2.44. The SMILES string of the molecule is Cc1cc2nc(Cc3ccc(F)cc3)c(=O)[nH]c2cc1C. The van der Waals surface area contributed by atoms with Crippen LogP contribution in [0.1, 0.15) is 22.4 Å². The van der Waals surface area contributed by atoms with Crippen LogP contribution in [0.15, 0.2) is 41.2 Å². The second-order valence-electron chi connectivity index (χ2n) is 5.27. The first kappa shape index (κ1) is 13.5. The minimum absolute atomic E-state index is 0.199. The summed E-state index contributed by atoms with van der Waals surface area (Å²) < 4.78 is 12.9. The van der Waals surface area contributed by atoms with Crippen LogP contribution in [0.3, 0.4) is 0 Å². The molecule has 0 aliphatic rings. The quantitative estimate of drug-likeness (QED) is 0.784. The van der Waals surface area contributed by atoms with Crippen molar-refractivity contribution >= 4 is 11.0 Å². The molecule has 3 nitrogen and oxygen atoms in total. The fraction of sp³-hybridized carbons (Fsp3) is 0.176. The molecule has 4 heteroatoms. The summed E-state index contributed by atoms with van der Waals surface area (Å²) in [7, 11) is 0. The Morgan fingerprint density at radius 2 is 1.76 bits per heavy atom. The van der Waals surface area contributed by atoms with Crippen LogP contribution in [0.4, 0.5) is 4.39 Å². The summed E-state index contributed by atoms with van der Waals surface area (Å²) in [5.41, 5.74) is 4.87. The van der Waals surface area contributed by atoms with Gasteiger partial charge in [-0.05, 0) is 54.8 Å². The van der Waals surface area contributed by atoms with Gasteiger partial charge in [0.05, 0.1) is 11.0 Å². The largest absolute Gasteiger partial charge is 0.319 e. The van der Waals surface area contributed by atoms with Crippen molar-refractivity contribution in [2.24, 2.45) is 0 Å². The van der Waals surface area contributed by atoms with E-state index in [0.717, 1.165) is 27.7 Å². The topological polar surface area (TPSA) is 45.8 Å². The lowest BCUT2D eigenvalue weighted by Gasteiger charge is -2.06. The van der Waals surface area contributed by atoms with E-state index in [1.807, 2.05) is 26.0 Å². The Kier molecular flexibility index (Phi) is 3.29. The summed E-state index contributed by atoms with van der Waals surface area (Å²) in [5.74, 6) is -0.287. The molecule has 0 radical (unpaired) electrons. The Morgan fingerprint density at radius 3 is 2.48 bits per heavy atom. The molecule has 1 aromatic heterocycles. The number of aryl methyl sites for hydroxylation is 2. The predicted molar refractivity (Wildman–Crippen MR) is 81.0 cm³/mol. The Labute approximate surface area is 121 Å². The van der Waals surface area contributed by atoms with Gasteiger partial charge >= 0.3 is 0 Å². The summed E-state index contributed by atoms with van der Waals surface area (Å²) >= 11 is 0. The number of fused-ring (bicyclic) bond motifs is 1. The van der Waals surface area contributed by atoms with Crippen LogP contribution in [0.2, 0.25) is 0 Å². The van der Waals surface area contributed by atoms with E-state index in [1.165, 1.54) is 12.1 Å². The van der Waals surface area contributed by atoms with Crippen molar-refractivity contribution in [3.8, 4) is 0 Å². The van der Waals surface area contributed by atoms with Crippen LogP contribution in [0.5, 0.6) is 0 Å². The van der Waals surface area contributed by atoms with Gasteiger partial charge in [0, 0.05) is 6.42 Å². The van der Waals surface area contributed by atoms with E-state index < -0.39 is 0 Å². The Balaban J connectivity index is 2.06. The van der Waals surface area contributed by atoms with E-state index in [4.69, 9.17) is 0 Å². The lowest BCUT2D eigenvalue weighted by molar-refractivity contribution is 0.627. The maximum Gasteiger partial charge on any atom is 0.270 e. The van der Waals surface area contributed by atoms with Gasteiger partial charge in [0.15, 0.2) is 0 Å². The third-order valence-corrected chi connectivity index (χ3v) is 3.66. The highest BCUT2D eigenvalue weighted by Gasteiger charge is 2.07. The monoisotopic (exact) mass is 282 g/mol. The molecule has 0 saturated heterocycles. The van der Waals surface area contributed by atoms with Crippen molar-refractivity contribution in [1.82, 2.24) is 9.97 Å². The van der Waals surface area contributed by atoms with Crippen LogP contribution < -0.4 is 5.56 Å². The summed E-state index contributed by atoms with van der Waals surface area (Å²) in [6.07, 6.45) is 0.387. The van der Waals surface area contributed by atoms with Crippen LogP contribution in [0, 0.1) is 19.7 Å². The highest BCUT2D eigenvalue weighted by atomic mass is 19.1. The zero-order valence-corrected chi connectivity index (χ0v) is 11.9. The summed E-state index contributed by atoms with van der Waals surface area (Å²) in [4.78, 5) is 19.4. The Hall–Kier alpha value is -2.49. The van der Waals surface area contributed by atoms with Gasteiger partial charge in [-0.25, -0.2) is 9.37 Å². The van der Waals surface area contributed by atoms with Gasteiger partial charge in [-0.1, -0.05) is 12.1 Å². The minimum atomic E-state index is -0.287. The van der Waals surface area contributed by atoms with Gasteiger partial charge in [-0.15, -0.1) is 0 Å². The van der Waals surface area contributed by atoms with E-state index in [-0.39, 0.29) is 11.4 Å². The molecular weight excluding hydrogens is 267 g/mol. The molecule has 3 aromatic rings. The van der Waals surface area contributed by atoms with Gasteiger partial charge in [-0.3, -0.25) is 4.79 Å². The van der Waals surface area contributed by atoms with Crippen molar-refractivity contribution in [3.63, 3.8) is 0 Å². The van der Waals surface area contributed by atoms with Crippen molar-refractivity contribution in [2.45, 2.75) is 20.3 Å². The average molecular weight is 282 g/mol. The first-order chi connectivity index (χ1) is 10.0. The van der Waals surface area contributed by atoms with E-state index >= 15 is 0 Å². The summed E-state index contributed by atoms with van der Waals surface area (Å²) in [5, 5.41) is 0.